The van der Waals surface area contributed by atoms with Gasteiger partial charge in [-0.25, -0.2) is 0 Å². The maximum Gasteiger partial charge on any atom is 0.320 e. The largest absolute Gasteiger partial charge is 0.481 e. The molecule has 0 radical (unpaired) electrons. The molecule has 0 aromatic rings. The number of hydrogen-bond acceptors (Lipinski definition) is 5. The predicted molar refractivity (Wildman–Crippen MR) is 64.9 cm³/mol. The molecule has 0 bridgehead atoms. The Morgan fingerprint density at radius 2 is 1.30 bits per heavy atom. The molecule has 8 nitrogen and oxygen atoms in total. The monoisotopic (exact) mass is 288 g/mol. The van der Waals surface area contributed by atoms with E-state index in [9.17, 15) is 19.2 Å². The lowest BCUT2D eigenvalue weighted by Gasteiger charge is -2.08. The van der Waals surface area contributed by atoms with Gasteiger partial charge < -0.3 is 20.1 Å². The van der Waals surface area contributed by atoms with Crippen LogP contribution in [0.1, 0.15) is 19.8 Å². The molecule has 3 N–H and O–H groups in total. The average Bonchev–Trinajstić information content (AvgIpc) is 2.32. The highest BCUT2D eigenvalue weighted by Crippen LogP contribution is 2.10. The van der Waals surface area contributed by atoms with E-state index in [-0.39, 0.29) is 19.4 Å². The molecule has 0 heterocycles. The molecule has 0 rings (SSSR count). The summed E-state index contributed by atoms with van der Waals surface area (Å²) < 4.78 is 4.58. The molecular weight excluding hydrogens is 272 g/mol. The van der Waals surface area contributed by atoms with Crippen LogP contribution < -0.4 is 0 Å². The molecule has 8 heteroatoms. The van der Waals surface area contributed by atoms with Crippen molar-refractivity contribution in [2.24, 2.45) is 11.8 Å². The van der Waals surface area contributed by atoms with Crippen LogP contribution in [0.3, 0.4) is 0 Å². The van der Waals surface area contributed by atoms with E-state index in [1.54, 1.807) is 0 Å². The molecule has 20 heavy (non-hydrogen) atoms. The molecule has 0 saturated carbocycles. The van der Waals surface area contributed by atoms with Crippen molar-refractivity contribution < 1.29 is 39.2 Å². The van der Waals surface area contributed by atoms with Crippen LogP contribution in [-0.2, 0) is 23.9 Å². The number of carbonyl (C=O) groups is 4. The molecule has 1 atom stereocenters. The van der Waals surface area contributed by atoms with Crippen molar-refractivity contribution >= 4 is 23.9 Å². The highest BCUT2D eigenvalue weighted by Gasteiger charge is 2.27. The van der Waals surface area contributed by atoms with Crippen LogP contribution in [0.4, 0.5) is 0 Å². The van der Waals surface area contributed by atoms with Gasteiger partial charge in [-0.05, 0) is 19.8 Å². The fourth-order valence-electron chi connectivity index (χ4n) is 1.31. The van der Waals surface area contributed by atoms with Gasteiger partial charge in [-0.15, -0.1) is 0 Å². The maximum atomic E-state index is 11.3. The van der Waals surface area contributed by atoms with E-state index < -0.39 is 35.7 Å². The molecule has 0 aliphatic rings. The summed E-state index contributed by atoms with van der Waals surface area (Å²) in [4.78, 5) is 43.3. The van der Waals surface area contributed by atoms with E-state index in [2.05, 4.69) is 4.74 Å². The van der Waals surface area contributed by atoms with Crippen LogP contribution in [0.15, 0.2) is 12.2 Å². The molecule has 0 saturated heterocycles. The third-order valence-electron chi connectivity index (χ3n) is 2.38. The Morgan fingerprint density at radius 3 is 1.65 bits per heavy atom. The van der Waals surface area contributed by atoms with Crippen LogP contribution in [0, 0.1) is 11.8 Å². The van der Waals surface area contributed by atoms with Crippen LogP contribution in [0.25, 0.3) is 0 Å². The summed E-state index contributed by atoms with van der Waals surface area (Å²) in [6.45, 7) is 1.59. The summed E-state index contributed by atoms with van der Waals surface area (Å²) in [6, 6.07) is 0. The number of carboxylic acids is 3. The Bertz CT molecular complexity index is 398. The summed E-state index contributed by atoms with van der Waals surface area (Å²) in [5, 5.41) is 26.1. The van der Waals surface area contributed by atoms with E-state index in [4.69, 9.17) is 15.3 Å². The number of rotatable bonds is 9. The van der Waals surface area contributed by atoms with Crippen LogP contribution in [0.2, 0.25) is 0 Å². The van der Waals surface area contributed by atoms with Gasteiger partial charge in [0.15, 0.2) is 11.8 Å². The number of ether oxygens (including phenoxy) is 1. The topological polar surface area (TPSA) is 138 Å². The standard InChI is InChI=1S/C12H16O8/c1-2-20-12(19)8(11(17)18)6-4-3-5-7(9(13)14)10(15)16/h3-4,7-8H,2,5-6H2,1H3,(H,13,14)(H,15,16)(H,17,18)/b4-3+. The third-order valence-corrected chi connectivity index (χ3v) is 2.38. The summed E-state index contributed by atoms with van der Waals surface area (Å²) in [6.07, 6.45) is 2.00. The Kier molecular flexibility index (Phi) is 7.64. The van der Waals surface area contributed by atoms with Crippen molar-refractivity contribution in [3.05, 3.63) is 12.2 Å². The molecule has 112 valence electrons. The quantitative estimate of drug-likeness (QED) is 0.314. The SMILES string of the molecule is CCOC(=O)C(C/C=C/CC(C(=O)O)C(=O)O)C(=O)O. The molecule has 0 aromatic heterocycles. The van der Waals surface area contributed by atoms with E-state index in [1.165, 1.54) is 19.1 Å². The minimum atomic E-state index is -1.60. The zero-order chi connectivity index (χ0) is 15.7. The molecule has 0 fully saturated rings. The summed E-state index contributed by atoms with van der Waals surface area (Å²) in [7, 11) is 0. The van der Waals surface area contributed by atoms with E-state index >= 15 is 0 Å². The predicted octanol–water partition coefficient (Wildman–Crippen LogP) is 0.372. The second-order valence-corrected chi connectivity index (χ2v) is 3.81. The second kappa shape index (κ2) is 8.68. The van der Waals surface area contributed by atoms with Gasteiger partial charge in [-0.2, -0.15) is 0 Å². The van der Waals surface area contributed by atoms with Gasteiger partial charge in [-0.1, -0.05) is 12.2 Å². The number of allylic oxidation sites excluding steroid dienone is 2. The van der Waals surface area contributed by atoms with Crippen LogP contribution in [0.5, 0.6) is 0 Å². The molecule has 0 amide bonds. The lowest BCUT2D eigenvalue weighted by molar-refractivity contribution is -0.159. The van der Waals surface area contributed by atoms with Crippen LogP contribution in [-0.4, -0.2) is 45.8 Å². The summed E-state index contributed by atoms with van der Waals surface area (Å²) in [5.74, 6) is -8.21. The molecule has 0 aliphatic carbocycles. The first kappa shape index (κ1) is 17.6. The third kappa shape index (κ3) is 5.98. The van der Waals surface area contributed by atoms with Crippen molar-refractivity contribution in [1.82, 2.24) is 0 Å². The number of aliphatic carboxylic acids is 3. The zero-order valence-electron chi connectivity index (χ0n) is 10.8. The Hall–Kier alpha value is -2.38. The highest BCUT2D eigenvalue weighted by molar-refractivity contribution is 5.94. The smallest absolute Gasteiger partial charge is 0.320 e. The summed E-state index contributed by atoms with van der Waals surface area (Å²) in [5.41, 5.74) is 0. The normalized spacial score (nSPS) is 12.3. The van der Waals surface area contributed by atoms with Gasteiger partial charge >= 0.3 is 23.9 Å². The Morgan fingerprint density at radius 1 is 0.900 bits per heavy atom. The lowest BCUT2D eigenvalue weighted by atomic mass is 10.0. The lowest BCUT2D eigenvalue weighted by Crippen LogP contribution is -2.25. The fourth-order valence-corrected chi connectivity index (χ4v) is 1.31. The fraction of sp³-hybridized carbons (Fsp3) is 0.500. The molecule has 1 unspecified atom stereocenters. The first-order valence-electron chi connectivity index (χ1n) is 5.81. The van der Waals surface area contributed by atoms with Gasteiger partial charge in [0.2, 0.25) is 0 Å². The Labute approximate surface area is 114 Å². The van der Waals surface area contributed by atoms with E-state index in [1.807, 2.05) is 0 Å². The molecule has 0 aromatic carbocycles. The molecule has 0 aliphatic heterocycles. The molecule has 0 spiro atoms. The van der Waals surface area contributed by atoms with E-state index in [0.29, 0.717) is 0 Å². The van der Waals surface area contributed by atoms with Gasteiger partial charge in [0, 0.05) is 0 Å². The van der Waals surface area contributed by atoms with Crippen molar-refractivity contribution in [1.29, 1.82) is 0 Å². The van der Waals surface area contributed by atoms with Gasteiger partial charge in [0.05, 0.1) is 6.61 Å². The number of carboxylic acid groups (broad SMARTS) is 3. The van der Waals surface area contributed by atoms with Crippen molar-refractivity contribution in [3.63, 3.8) is 0 Å². The van der Waals surface area contributed by atoms with Crippen LogP contribution >= 0.6 is 0 Å². The first-order valence-corrected chi connectivity index (χ1v) is 5.81. The Balaban J connectivity index is 4.52. The maximum absolute atomic E-state index is 11.3. The minimum Gasteiger partial charge on any atom is -0.481 e. The molecular formula is C12H16O8. The number of esters is 1. The summed E-state index contributed by atoms with van der Waals surface area (Å²) >= 11 is 0. The van der Waals surface area contributed by atoms with Gasteiger partial charge in [0.1, 0.15) is 0 Å². The van der Waals surface area contributed by atoms with Gasteiger partial charge in [0.25, 0.3) is 0 Å². The number of hydrogen-bond donors (Lipinski definition) is 3. The highest BCUT2D eigenvalue weighted by atomic mass is 16.5. The first-order chi connectivity index (χ1) is 9.31. The van der Waals surface area contributed by atoms with E-state index in [0.717, 1.165) is 0 Å². The zero-order valence-corrected chi connectivity index (χ0v) is 10.8. The minimum absolute atomic E-state index is 0.0480. The average molecular weight is 288 g/mol. The van der Waals surface area contributed by atoms with Crippen molar-refractivity contribution in [3.8, 4) is 0 Å². The second-order valence-electron chi connectivity index (χ2n) is 3.81. The van der Waals surface area contributed by atoms with Gasteiger partial charge in [-0.3, -0.25) is 19.2 Å². The number of carbonyl (C=O) groups excluding carboxylic acids is 1. The van der Waals surface area contributed by atoms with Crippen molar-refractivity contribution in [2.75, 3.05) is 6.61 Å². The van der Waals surface area contributed by atoms with Crippen molar-refractivity contribution in [2.45, 2.75) is 19.8 Å².